The van der Waals surface area contributed by atoms with E-state index < -0.39 is 10.0 Å². The molecule has 0 bridgehead atoms. The van der Waals surface area contributed by atoms with Crippen LogP contribution in [0.4, 0.5) is 5.69 Å². The molecule has 0 aromatic heterocycles. The summed E-state index contributed by atoms with van der Waals surface area (Å²) in [6.07, 6.45) is 12.1. The van der Waals surface area contributed by atoms with Crippen LogP contribution in [0.5, 0.6) is 0 Å². The molecule has 1 aromatic carbocycles. The number of allylic oxidation sites excluding steroid dienone is 1. The van der Waals surface area contributed by atoms with E-state index in [0.717, 1.165) is 17.6 Å². The molecule has 1 unspecified atom stereocenters. The van der Waals surface area contributed by atoms with E-state index in [4.69, 9.17) is 0 Å². The Labute approximate surface area is 183 Å². The number of nitrogens with zero attached hydrogens (tertiary/aromatic N) is 1. The van der Waals surface area contributed by atoms with Crippen molar-refractivity contribution in [2.45, 2.75) is 65.8 Å². The van der Waals surface area contributed by atoms with Gasteiger partial charge in [-0.1, -0.05) is 44.4 Å². The second-order valence-corrected chi connectivity index (χ2v) is 9.20. The van der Waals surface area contributed by atoms with E-state index in [9.17, 15) is 8.42 Å². The highest BCUT2D eigenvalue weighted by Gasteiger charge is 2.32. The number of sulfonamides is 1. The van der Waals surface area contributed by atoms with E-state index in [-0.39, 0.29) is 17.0 Å². The van der Waals surface area contributed by atoms with Crippen LogP contribution in [0.15, 0.2) is 36.4 Å². The minimum Gasteiger partial charge on any atom is -1.00 e. The molecule has 0 radical (unpaired) electrons. The fraction of sp³-hybridized carbons (Fsp3) is 0.636. The fourth-order valence-corrected chi connectivity index (χ4v) is 4.42. The number of anilines is 1. The molecule has 1 aromatic rings. The number of likely N-dealkylation sites (N-methyl/N-ethyl adjacent to an activating group) is 1. The van der Waals surface area contributed by atoms with Crippen LogP contribution in [0.1, 0.15) is 71.4 Å². The van der Waals surface area contributed by atoms with E-state index in [1.54, 1.807) is 0 Å². The maximum absolute atomic E-state index is 11.4. The molecule has 0 aliphatic carbocycles. The molecule has 0 saturated carbocycles. The third kappa shape index (κ3) is 8.66. The molecule has 0 amide bonds. The average Bonchev–Trinajstić information content (AvgIpc) is 2.63. The summed E-state index contributed by atoms with van der Waals surface area (Å²) in [7, 11) is -3.25. The standard InChI is InChI=1S/C22H39N2O2S.BrH/c1-6-10-11-12-13-19-24(8-3,9-4)22(14-7-2)20-15-17-21(18-16-20)23-27(5,25)26;/h7,14-18,22-23H,6,8-13,19H2,1-5H3;1H/q+1;/p-1. The average molecular weight is 476 g/mol. The van der Waals surface area contributed by atoms with E-state index in [0.29, 0.717) is 11.7 Å². The lowest BCUT2D eigenvalue weighted by molar-refractivity contribution is -0.948. The van der Waals surface area contributed by atoms with Crippen LogP contribution < -0.4 is 21.7 Å². The molecule has 162 valence electrons. The van der Waals surface area contributed by atoms with Gasteiger partial charge >= 0.3 is 0 Å². The van der Waals surface area contributed by atoms with Crippen molar-refractivity contribution in [2.75, 3.05) is 30.6 Å². The predicted octanol–water partition coefficient (Wildman–Crippen LogP) is 2.51. The van der Waals surface area contributed by atoms with Gasteiger partial charge in [-0.25, -0.2) is 8.42 Å². The first-order chi connectivity index (χ1) is 12.8. The number of hydrogen-bond donors (Lipinski definition) is 1. The Balaban J connectivity index is 0.00000729. The van der Waals surface area contributed by atoms with Gasteiger partial charge in [-0.3, -0.25) is 4.72 Å². The predicted molar refractivity (Wildman–Crippen MR) is 117 cm³/mol. The van der Waals surface area contributed by atoms with E-state index >= 15 is 0 Å². The molecule has 4 nitrogen and oxygen atoms in total. The van der Waals surface area contributed by atoms with E-state index in [1.165, 1.54) is 50.5 Å². The Kier molecular flexibility index (Phi) is 13.0. The lowest BCUT2D eigenvalue weighted by Crippen LogP contribution is -3.00. The Bertz CT molecular complexity index is 668. The van der Waals surface area contributed by atoms with Crippen LogP contribution >= 0.6 is 0 Å². The summed E-state index contributed by atoms with van der Waals surface area (Å²) in [5.74, 6) is 0. The smallest absolute Gasteiger partial charge is 0.229 e. The zero-order valence-corrected chi connectivity index (χ0v) is 20.7. The normalized spacial score (nSPS) is 13.3. The summed E-state index contributed by atoms with van der Waals surface area (Å²) in [6, 6.07) is 8.16. The minimum atomic E-state index is -3.25. The molecule has 1 atom stereocenters. The topological polar surface area (TPSA) is 46.2 Å². The van der Waals surface area contributed by atoms with Gasteiger partial charge in [-0.15, -0.1) is 0 Å². The lowest BCUT2D eigenvalue weighted by Gasteiger charge is -2.43. The highest BCUT2D eigenvalue weighted by atomic mass is 79.9. The van der Waals surface area contributed by atoms with E-state index in [2.05, 4.69) is 56.7 Å². The van der Waals surface area contributed by atoms with Crippen LogP contribution in [0, 0.1) is 0 Å². The van der Waals surface area contributed by atoms with Crippen LogP contribution in [0.25, 0.3) is 0 Å². The van der Waals surface area contributed by atoms with Crippen LogP contribution in [-0.2, 0) is 10.0 Å². The Hall–Kier alpha value is -0.850. The minimum absolute atomic E-state index is 0. The van der Waals surface area contributed by atoms with Crippen molar-refractivity contribution in [3.05, 3.63) is 42.0 Å². The summed E-state index contributed by atoms with van der Waals surface area (Å²) in [5.41, 5.74) is 1.86. The van der Waals surface area contributed by atoms with Gasteiger partial charge in [-0.2, -0.15) is 0 Å². The van der Waals surface area contributed by atoms with Gasteiger partial charge < -0.3 is 21.5 Å². The monoisotopic (exact) mass is 474 g/mol. The third-order valence-corrected chi connectivity index (χ3v) is 6.09. The van der Waals surface area contributed by atoms with Gasteiger partial charge in [0.1, 0.15) is 6.04 Å². The van der Waals surface area contributed by atoms with Crippen molar-refractivity contribution in [3.63, 3.8) is 0 Å². The molecule has 0 aliphatic rings. The van der Waals surface area contributed by atoms with Gasteiger partial charge in [0.2, 0.25) is 10.0 Å². The molecule has 28 heavy (non-hydrogen) atoms. The lowest BCUT2D eigenvalue weighted by atomic mass is 9.99. The largest absolute Gasteiger partial charge is 1.00 e. The maximum Gasteiger partial charge on any atom is 0.229 e. The molecular formula is C22H39BrN2O2S. The molecular weight excluding hydrogens is 436 g/mol. The number of quaternary nitrogens is 1. The summed E-state index contributed by atoms with van der Waals surface area (Å²) in [5, 5.41) is 0. The quantitative estimate of drug-likeness (QED) is 0.271. The summed E-state index contributed by atoms with van der Waals surface area (Å²) in [4.78, 5) is 0. The second-order valence-electron chi connectivity index (χ2n) is 7.46. The van der Waals surface area contributed by atoms with Crippen molar-refractivity contribution in [1.29, 1.82) is 0 Å². The highest BCUT2D eigenvalue weighted by Crippen LogP contribution is 2.32. The maximum atomic E-state index is 11.4. The Morgan fingerprint density at radius 3 is 2.04 bits per heavy atom. The van der Waals surface area contributed by atoms with Crippen LogP contribution in [0.2, 0.25) is 0 Å². The SMILES string of the molecule is CC=CC(c1ccc(NS(C)(=O)=O)cc1)[N+](CC)(CC)CCCCCCC.[Br-]. The summed E-state index contributed by atoms with van der Waals surface area (Å²) < 4.78 is 26.5. The first kappa shape index (κ1) is 27.1. The van der Waals surface area contributed by atoms with Gasteiger partial charge in [-0.05, 0) is 51.8 Å². The molecule has 0 spiro atoms. The van der Waals surface area contributed by atoms with Crippen molar-refractivity contribution in [3.8, 4) is 0 Å². The zero-order chi connectivity index (χ0) is 20.3. The molecule has 0 fully saturated rings. The van der Waals surface area contributed by atoms with Crippen molar-refractivity contribution in [1.82, 2.24) is 0 Å². The van der Waals surface area contributed by atoms with E-state index in [1.807, 2.05) is 12.1 Å². The van der Waals surface area contributed by atoms with Gasteiger partial charge in [0.25, 0.3) is 0 Å². The summed E-state index contributed by atoms with van der Waals surface area (Å²) >= 11 is 0. The molecule has 0 saturated heterocycles. The number of hydrogen-bond acceptors (Lipinski definition) is 2. The molecule has 0 aliphatic heterocycles. The number of benzene rings is 1. The Morgan fingerprint density at radius 1 is 1.00 bits per heavy atom. The third-order valence-electron chi connectivity index (χ3n) is 5.49. The first-order valence-corrected chi connectivity index (χ1v) is 12.3. The molecule has 1 N–H and O–H groups in total. The van der Waals surface area contributed by atoms with Crippen LogP contribution in [0.3, 0.4) is 0 Å². The Morgan fingerprint density at radius 2 is 1.57 bits per heavy atom. The first-order valence-electron chi connectivity index (χ1n) is 10.4. The zero-order valence-electron chi connectivity index (χ0n) is 18.2. The number of rotatable bonds is 13. The second kappa shape index (κ2) is 13.4. The van der Waals surface area contributed by atoms with Crippen LogP contribution in [-0.4, -0.2) is 38.8 Å². The van der Waals surface area contributed by atoms with Crippen molar-refractivity contribution < 1.29 is 29.9 Å². The van der Waals surface area contributed by atoms with Crippen molar-refractivity contribution in [2.24, 2.45) is 0 Å². The van der Waals surface area contributed by atoms with Gasteiger partial charge in [0, 0.05) is 11.3 Å². The highest BCUT2D eigenvalue weighted by molar-refractivity contribution is 7.92. The van der Waals surface area contributed by atoms with Gasteiger partial charge in [0.15, 0.2) is 0 Å². The number of unbranched alkanes of at least 4 members (excludes halogenated alkanes) is 4. The fourth-order valence-electron chi connectivity index (χ4n) is 3.86. The molecule has 1 rings (SSSR count). The molecule has 6 heteroatoms. The van der Waals surface area contributed by atoms with Gasteiger partial charge in [0.05, 0.1) is 25.9 Å². The number of nitrogens with one attached hydrogen (secondary N) is 1. The summed E-state index contributed by atoms with van der Waals surface area (Å²) in [6.45, 7) is 12.2. The molecule has 0 heterocycles. The number of halogens is 1. The van der Waals surface area contributed by atoms with Crippen molar-refractivity contribution >= 4 is 15.7 Å².